The first-order chi connectivity index (χ1) is 12.4. The van der Waals surface area contributed by atoms with Gasteiger partial charge in [0.15, 0.2) is 0 Å². The van der Waals surface area contributed by atoms with Gasteiger partial charge in [-0.3, -0.25) is 0 Å². The smallest absolute Gasteiger partial charge is 0.214 e. The largest absolute Gasteiger partial charge is 2.00 e. The van der Waals surface area contributed by atoms with E-state index in [1.807, 2.05) is 30.3 Å². The molecule has 0 spiro atoms. The van der Waals surface area contributed by atoms with Crippen LogP contribution in [0, 0.1) is 0 Å². The fraction of sp³-hybridized carbons (Fsp3) is 0.583. The molecule has 0 nitrogen and oxygen atoms in total. The maximum absolute atomic E-state index is 2.33. The second-order valence-corrected chi connectivity index (χ2v) is 10.8. The summed E-state index contributed by atoms with van der Waals surface area (Å²) in [6, 6.07) is 19.1. The van der Waals surface area contributed by atoms with Gasteiger partial charge in [0.25, 0.3) is 0 Å². The zero-order valence-electron chi connectivity index (χ0n) is 16.1. The average Bonchev–Trinajstić information content (AvgIpc) is 3.41. The number of hydrogen-bond acceptors (Lipinski definition) is 0. The standard InChI is InChI=1S/C19H30P.C5H5.Fe/c1-3-11-18(12-4-1)20(19-13-5-2-6-14-19)16-15-17-9-7-8-10-17;1-2-4-5-3-1;/h7-10,18-19H,1-6,11-16H2;1-5H;/q2*-1;+2. The Morgan fingerprint density at radius 2 is 1.23 bits per heavy atom. The average molecular weight is 410 g/mol. The van der Waals surface area contributed by atoms with Crippen LogP contribution in [-0.2, 0) is 23.5 Å². The second kappa shape index (κ2) is 12.9. The van der Waals surface area contributed by atoms with Gasteiger partial charge in [-0.15, -0.1) is 7.92 Å². The van der Waals surface area contributed by atoms with E-state index < -0.39 is 0 Å². The van der Waals surface area contributed by atoms with Crippen LogP contribution >= 0.6 is 7.92 Å². The van der Waals surface area contributed by atoms with E-state index in [9.17, 15) is 0 Å². The molecule has 2 aliphatic carbocycles. The van der Waals surface area contributed by atoms with Crippen molar-refractivity contribution in [2.75, 3.05) is 6.16 Å². The summed E-state index contributed by atoms with van der Waals surface area (Å²) in [6.45, 7) is 0. The summed E-state index contributed by atoms with van der Waals surface area (Å²) in [4.78, 5) is 0. The second-order valence-electron chi connectivity index (χ2n) is 7.83. The van der Waals surface area contributed by atoms with Crippen LogP contribution in [0.4, 0.5) is 0 Å². The van der Waals surface area contributed by atoms with Gasteiger partial charge >= 0.3 is 17.1 Å². The summed E-state index contributed by atoms with van der Waals surface area (Å²) < 4.78 is 0. The van der Waals surface area contributed by atoms with Crippen molar-refractivity contribution < 1.29 is 17.1 Å². The Morgan fingerprint density at radius 1 is 0.731 bits per heavy atom. The molecule has 2 heteroatoms. The first-order valence-electron chi connectivity index (χ1n) is 10.6. The molecule has 0 amide bonds. The molecule has 2 aromatic rings. The van der Waals surface area contributed by atoms with Crippen molar-refractivity contribution in [2.24, 2.45) is 0 Å². The predicted octanol–water partition coefficient (Wildman–Crippen LogP) is 7.50. The maximum Gasteiger partial charge on any atom is 2.00 e. The molecule has 144 valence electrons. The van der Waals surface area contributed by atoms with Gasteiger partial charge in [0.1, 0.15) is 0 Å². The van der Waals surface area contributed by atoms with Crippen molar-refractivity contribution in [3.05, 3.63) is 60.2 Å². The Hall–Kier alpha value is -0.351. The molecule has 26 heavy (non-hydrogen) atoms. The van der Waals surface area contributed by atoms with Crippen LogP contribution in [0.15, 0.2) is 54.6 Å². The molecule has 0 heterocycles. The topological polar surface area (TPSA) is 0 Å². The van der Waals surface area contributed by atoms with Gasteiger partial charge in [-0.2, -0.15) is 35.9 Å². The molecule has 0 aliphatic heterocycles. The maximum atomic E-state index is 2.33. The molecule has 0 N–H and O–H groups in total. The molecule has 2 saturated carbocycles. The van der Waals surface area contributed by atoms with Crippen molar-refractivity contribution in [1.82, 2.24) is 0 Å². The van der Waals surface area contributed by atoms with Crippen LogP contribution in [0.3, 0.4) is 0 Å². The first kappa shape index (κ1) is 21.9. The third kappa shape index (κ3) is 7.34. The fourth-order valence-corrected chi connectivity index (χ4v) is 8.55. The number of aryl methyl sites for hydroxylation is 1. The molecule has 0 unspecified atom stereocenters. The van der Waals surface area contributed by atoms with Crippen molar-refractivity contribution >= 4 is 7.92 Å². The molecular weight excluding hydrogens is 375 g/mol. The summed E-state index contributed by atoms with van der Waals surface area (Å²) in [5.74, 6) is 0. The normalized spacial score (nSPS) is 18.8. The summed E-state index contributed by atoms with van der Waals surface area (Å²) in [5, 5.41) is 0. The van der Waals surface area contributed by atoms with Crippen LogP contribution in [0.2, 0.25) is 0 Å². The molecule has 0 radical (unpaired) electrons. The molecular formula is C24H35FeP. The first-order valence-corrected chi connectivity index (χ1v) is 12.2. The van der Waals surface area contributed by atoms with E-state index in [4.69, 9.17) is 0 Å². The van der Waals surface area contributed by atoms with Crippen LogP contribution in [-0.4, -0.2) is 17.5 Å². The Labute approximate surface area is 173 Å². The van der Waals surface area contributed by atoms with Crippen molar-refractivity contribution in [3.63, 3.8) is 0 Å². The van der Waals surface area contributed by atoms with Gasteiger partial charge in [0.05, 0.1) is 0 Å². The molecule has 2 aliphatic rings. The monoisotopic (exact) mass is 410 g/mol. The van der Waals surface area contributed by atoms with Crippen LogP contribution in [0.25, 0.3) is 0 Å². The Kier molecular flexibility index (Phi) is 10.9. The molecule has 0 aromatic heterocycles. The van der Waals surface area contributed by atoms with E-state index >= 15 is 0 Å². The quantitative estimate of drug-likeness (QED) is 0.272. The van der Waals surface area contributed by atoms with E-state index in [0.717, 1.165) is 11.3 Å². The van der Waals surface area contributed by atoms with E-state index in [1.165, 1.54) is 51.1 Å². The van der Waals surface area contributed by atoms with Crippen molar-refractivity contribution in [2.45, 2.75) is 81.9 Å². The van der Waals surface area contributed by atoms with Gasteiger partial charge in [-0.25, -0.2) is 24.3 Å². The van der Waals surface area contributed by atoms with Crippen LogP contribution < -0.4 is 0 Å². The molecule has 4 rings (SSSR count). The third-order valence-corrected chi connectivity index (χ3v) is 9.68. The summed E-state index contributed by atoms with van der Waals surface area (Å²) in [6.07, 6.45) is 18.2. The Bertz CT molecular complexity index is 483. The van der Waals surface area contributed by atoms with E-state index in [2.05, 4.69) is 24.3 Å². The predicted molar refractivity (Wildman–Crippen MR) is 113 cm³/mol. The number of rotatable bonds is 5. The van der Waals surface area contributed by atoms with E-state index in [1.54, 1.807) is 31.2 Å². The van der Waals surface area contributed by atoms with E-state index in [0.29, 0.717) is 7.92 Å². The minimum absolute atomic E-state index is 0. The molecule has 0 saturated heterocycles. The van der Waals surface area contributed by atoms with E-state index in [-0.39, 0.29) is 17.1 Å². The van der Waals surface area contributed by atoms with Gasteiger partial charge < -0.3 is 0 Å². The molecule has 2 fully saturated rings. The molecule has 2 aromatic carbocycles. The summed E-state index contributed by atoms with van der Waals surface area (Å²) >= 11 is 0. The van der Waals surface area contributed by atoms with Gasteiger partial charge in [-0.05, 0) is 43.2 Å². The summed E-state index contributed by atoms with van der Waals surface area (Å²) in [5.41, 5.74) is 3.83. The van der Waals surface area contributed by atoms with Crippen molar-refractivity contribution in [1.29, 1.82) is 0 Å². The fourth-order valence-electron chi connectivity index (χ4n) is 4.65. The Balaban J connectivity index is 0.000000351. The Morgan fingerprint density at radius 3 is 1.65 bits per heavy atom. The zero-order valence-corrected chi connectivity index (χ0v) is 18.1. The third-order valence-electron chi connectivity index (χ3n) is 6.03. The minimum Gasteiger partial charge on any atom is -0.214 e. The van der Waals surface area contributed by atoms with Crippen LogP contribution in [0.5, 0.6) is 0 Å². The molecule has 0 atom stereocenters. The number of hydrogen-bond donors (Lipinski definition) is 0. The minimum atomic E-state index is 0. The SMILES string of the molecule is [Fe+2].c1cc[c-](CCP(C2CCCCC2)C2CCCCC2)c1.c1cc[cH-]c1. The van der Waals surface area contributed by atoms with Crippen molar-refractivity contribution in [3.8, 4) is 0 Å². The van der Waals surface area contributed by atoms with Crippen LogP contribution in [0.1, 0.15) is 69.8 Å². The van der Waals surface area contributed by atoms with Gasteiger partial charge in [-0.1, -0.05) is 44.9 Å². The summed E-state index contributed by atoms with van der Waals surface area (Å²) in [7, 11) is 0.298. The van der Waals surface area contributed by atoms with Gasteiger partial charge in [0.2, 0.25) is 0 Å². The molecule has 0 bridgehead atoms. The van der Waals surface area contributed by atoms with Gasteiger partial charge in [0, 0.05) is 0 Å². The zero-order chi connectivity index (χ0) is 17.2.